The lowest BCUT2D eigenvalue weighted by Crippen LogP contribution is -2.22. The summed E-state index contributed by atoms with van der Waals surface area (Å²) < 4.78 is 38.5. The van der Waals surface area contributed by atoms with E-state index in [1.54, 1.807) is 49.4 Å². The number of aromatic nitrogens is 1. The second kappa shape index (κ2) is 8.35. The number of hydrogen-bond acceptors (Lipinski definition) is 5. The average Bonchev–Trinajstić information content (AvgIpc) is 2.72. The molecule has 4 rings (SSSR count). The number of methoxy groups -OCH3 is 1. The van der Waals surface area contributed by atoms with Gasteiger partial charge in [0.25, 0.3) is 5.91 Å². The highest BCUT2D eigenvalue weighted by atomic mass is 19.1. The van der Waals surface area contributed by atoms with Gasteiger partial charge in [0.15, 0.2) is 11.3 Å². The van der Waals surface area contributed by atoms with Crippen molar-refractivity contribution in [3.05, 3.63) is 89.1 Å². The van der Waals surface area contributed by atoms with Crippen molar-refractivity contribution in [2.45, 2.75) is 6.92 Å². The quantitative estimate of drug-likeness (QED) is 0.508. The molecule has 2 aromatic heterocycles. The molecule has 8 heteroatoms. The van der Waals surface area contributed by atoms with E-state index in [-0.39, 0.29) is 16.8 Å². The molecule has 0 aliphatic rings. The molecule has 156 valence electrons. The maximum atomic E-state index is 13.6. The van der Waals surface area contributed by atoms with Crippen molar-refractivity contribution in [2.24, 2.45) is 4.99 Å². The number of anilines is 1. The minimum Gasteiger partial charge on any atom is -0.493 e. The van der Waals surface area contributed by atoms with E-state index in [2.05, 4.69) is 15.3 Å². The fraction of sp³-hybridized carbons (Fsp3) is 0.0870. The van der Waals surface area contributed by atoms with Crippen LogP contribution in [-0.4, -0.2) is 18.0 Å². The van der Waals surface area contributed by atoms with Gasteiger partial charge in [-0.05, 0) is 43.3 Å². The van der Waals surface area contributed by atoms with Gasteiger partial charge in [-0.25, -0.2) is 18.8 Å². The highest BCUT2D eigenvalue weighted by Crippen LogP contribution is 2.25. The molecular formula is C23H17F2N3O3. The van der Waals surface area contributed by atoms with Crippen LogP contribution in [0.5, 0.6) is 5.75 Å². The van der Waals surface area contributed by atoms with Crippen LogP contribution in [0.1, 0.15) is 16.1 Å². The maximum Gasteiger partial charge on any atom is 0.262 e. The van der Waals surface area contributed by atoms with Crippen molar-refractivity contribution in [3.8, 4) is 5.75 Å². The summed E-state index contributed by atoms with van der Waals surface area (Å²) in [6, 6.07) is 14.8. The predicted octanol–water partition coefficient (Wildman–Crippen LogP) is 4.91. The van der Waals surface area contributed by atoms with Crippen LogP contribution in [0.15, 0.2) is 70.1 Å². The van der Waals surface area contributed by atoms with Gasteiger partial charge in [-0.1, -0.05) is 18.2 Å². The summed E-state index contributed by atoms with van der Waals surface area (Å²) >= 11 is 0. The molecule has 1 N–H and O–H groups in total. The summed E-state index contributed by atoms with van der Waals surface area (Å²) in [5, 5.41) is 3.28. The van der Waals surface area contributed by atoms with E-state index in [0.29, 0.717) is 22.5 Å². The van der Waals surface area contributed by atoms with E-state index >= 15 is 0 Å². The minimum atomic E-state index is -0.799. The number of halogens is 2. The van der Waals surface area contributed by atoms with E-state index in [0.717, 1.165) is 23.9 Å². The van der Waals surface area contributed by atoms with Gasteiger partial charge in [0.1, 0.15) is 23.0 Å². The van der Waals surface area contributed by atoms with Gasteiger partial charge >= 0.3 is 0 Å². The largest absolute Gasteiger partial charge is 0.493 e. The fourth-order valence-electron chi connectivity index (χ4n) is 3.05. The lowest BCUT2D eigenvalue weighted by molar-refractivity contribution is 0.102. The molecule has 0 saturated carbocycles. The number of pyridine rings is 1. The second-order valence-electron chi connectivity index (χ2n) is 6.70. The first-order chi connectivity index (χ1) is 14.9. The number of carbonyl (C=O) groups is 1. The van der Waals surface area contributed by atoms with Crippen LogP contribution in [-0.2, 0) is 0 Å². The molecule has 4 aromatic rings. The lowest BCUT2D eigenvalue weighted by Gasteiger charge is -2.09. The maximum absolute atomic E-state index is 13.6. The molecule has 0 aliphatic carbocycles. The summed E-state index contributed by atoms with van der Waals surface area (Å²) in [6.45, 7) is 1.80. The SMILES string of the molecule is COc1cccc2cc(C(=O)Nc3cccc(C)n3)c(=Nc3cc(F)cc(F)c3)oc12. The van der Waals surface area contributed by atoms with Gasteiger partial charge < -0.3 is 14.5 Å². The number of rotatable bonds is 4. The second-order valence-corrected chi connectivity index (χ2v) is 6.70. The van der Waals surface area contributed by atoms with Crippen molar-refractivity contribution >= 4 is 28.4 Å². The standard InChI is InChI=1S/C23H17F2N3O3/c1-13-5-3-8-20(26-13)28-22(29)18-9-14-6-4-7-19(30-2)21(14)31-23(18)27-17-11-15(24)10-16(25)12-17/h3-12H,1-2H3,(H,26,28,29). The summed E-state index contributed by atoms with van der Waals surface area (Å²) in [5.41, 5.74) is 0.954. The Labute approximate surface area is 175 Å². The van der Waals surface area contributed by atoms with Crippen LogP contribution in [0.4, 0.5) is 20.3 Å². The van der Waals surface area contributed by atoms with Crippen LogP contribution in [0.25, 0.3) is 11.0 Å². The third-order valence-electron chi connectivity index (χ3n) is 4.41. The third kappa shape index (κ3) is 4.42. The van der Waals surface area contributed by atoms with E-state index in [4.69, 9.17) is 9.15 Å². The zero-order valence-corrected chi connectivity index (χ0v) is 16.6. The number of aryl methyl sites for hydroxylation is 1. The fourth-order valence-corrected chi connectivity index (χ4v) is 3.05. The Hall–Kier alpha value is -4.07. The Balaban J connectivity index is 1.90. The molecule has 0 atom stereocenters. The van der Waals surface area contributed by atoms with Gasteiger partial charge in [-0.2, -0.15) is 0 Å². The normalized spacial score (nSPS) is 11.5. The van der Waals surface area contributed by atoms with Crippen LogP contribution >= 0.6 is 0 Å². The van der Waals surface area contributed by atoms with Crippen molar-refractivity contribution < 1.29 is 22.7 Å². The summed E-state index contributed by atoms with van der Waals surface area (Å²) in [6.07, 6.45) is 0. The van der Waals surface area contributed by atoms with Crippen molar-refractivity contribution in [1.29, 1.82) is 0 Å². The number of para-hydroxylation sites is 1. The Bertz CT molecular complexity index is 1350. The number of amides is 1. The molecule has 2 heterocycles. The van der Waals surface area contributed by atoms with E-state index in [1.807, 2.05) is 0 Å². The van der Waals surface area contributed by atoms with E-state index in [1.165, 1.54) is 7.11 Å². The molecule has 6 nitrogen and oxygen atoms in total. The topological polar surface area (TPSA) is 76.7 Å². The third-order valence-corrected chi connectivity index (χ3v) is 4.41. The molecule has 0 radical (unpaired) electrons. The van der Waals surface area contributed by atoms with E-state index in [9.17, 15) is 13.6 Å². The van der Waals surface area contributed by atoms with Gasteiger partial charge in [0.2, 0.25) is 5.55 Å². The molecule has 0 spiro atoms. The number of nitrogens with one attached hydrogen (secondary N) is 1. The molecule has 0 saturated heterocycles. The Morgan fingerprint density at radius 2 is 1.81 bits per heavy atom. The van der Waals surface area contributed by atoms with E-state index < -0.39 is 17.5 Å². The van der Waals surface area contributed by atoms with Crippen molar-refractivity contribution in [3.63, 3.8) is 0 Å². The van der Waals surface area contributed by atoms with Gasteiger partial charge in [-0.3, -0.25) is 4.79 Å². The number of benzene rings is 2. The zero-order valence-electron chi connectivity index (χ0n) is 16.6. The predicted molar refractivity (Wildman–Crippen MR) is 111 cm³/mol. The first kappa shape index (κ1) is 20.2. The average molecular weight is 421 g/mol. The molecule has 31 heavy (non-hydrogen) atoms. The molecule has 0 aliphatic heterocycles. The monoisotopic (exact) mass is 421 g/mol. The molecule has 0 unspecified atom stereocenters. The number of nitrogens with zero attached hydrogens (tertiary/aromatic N) is 2. The molecular weight excluding hydrogens is 404 g/mol. The smallest absolute Gasteiger partial charge is 0.262 e. The van der Waals surface area contributed by atoms with Crippen LogP contribution in [0.2, 0.25) is 0 Å². The number of ether oxygens (including phenoxy) is 1. The van der Waals surface area contributed by atoms with Crippen LogP contribution in [0.3, 0.4) is 0 Å². The first-order valence-corrected chi connectivity index (χ1v) is 9.29. The molecule has 1 amide bonds. The first-order valence-electron chi connectivity index (χ1n) is 9.29. The van der Waals surface area contributed by atoms with Crippen molar-refractivity contribution in [2.75, 3.05) is 12.4 Å². The zero-order chi connectivity index (χ0) is 22.0. The summed E-state index contributed by atoms with van der Waals surface area (Å²) in [5.74, 6) is -1.37. The highest BCUT2D eigenvalue weighted by molar-refractivity contribution is 6.05. The molecule has 0 bridgehead atoms. The van der Waals surface area contributed by atoms with Crippen molar-refractivity contribution in [1.82, 2.24) is 4.98 Å². The number of carbonyl (C=O) groups excluding carboxylic acids is 1. The van der Waals surface area contributed by atoms with Crippen LogP contribution in [0, 0.1) is 18.6 Å². The van der Waals surface area contributed by atoms with Crippen LogP contribution < -0.4 is 15.6 Å². The highest BCUT2D eigenvalue weighted by Gasteiger charge is 2.16. The number of fused-ring (bicyclic) bond motifs is 1. The Morgan fingerprint density at radius 1 is 1.06 bits per heavy atom. The summed E-state index contributed by atoms with van der Waals surface area (Å²) in [4.78, 5) is 21.5. The Morgan fingerprint density at radius 3 is 2.52 bits per heavy atom. The Kier molecular flexibility index (Phi) is 5.44. The lowest BCUT2D eigenvalue weighted by atomic mass is 10.1. The minimum absolute atomic E-state index is 0.0433. The number of hydrogen-bond donors (Lipinski definition) is 1. The van der Waals surface area contributed by atoms with Gasteiger partial charge in [0.05, 0.1) is 12.8 Å². The van der Waals surface area contributed by atoms with Gasteiger partial charge in [0, 0.05) is 17.1 Å². The summed E-state index contributed by atoms with van der Waals surface area (Å²) in [7, 11) is 1.48. The molecule has 2 aromatic carbocycles. The molecule has 0 fully saturated rings. The van der Waals surface area contributed by atoms with Gasteiger partial charge in [-0.15, -0.1) is 0 Å².